The van der Waals surface area contributed by atoms with Gasteiger partial charge in [0.1, 0.15) is 11.5 Å². The van der Waals surface area contributed by atoms with Crippen molar-refractivity contribution in [3.8, 4) is 11.5 Å². The first-order valence-corrected chi connectivity index (χ1v) is 8.81. The Bertz CT molecular complexity index is 748. The summed E-state index contributed by atoms with van der Waals surface area (Å²) in [6.07, 6.45) is 1.41. The molecule has 2 N–H and O–H groups in total. The van der Waals surface area contributed by atoms with Gasteiger partial charge in [0.25, 0.3) is 5.91 Å². The number of rotatable bonds is 5. The summed E-state index contributed by atoms with van der Waals surface area (Å²) in [7, 11) is 0. The molecule has 23 heavy (non-hydrogen) atoms. The van der Waals surface area contributed by atoms with E-state index in [-0.39, 0.29) is 18.3 Å². The number of hydrogen-bond acceptors (Lipinski definition) is 4. The van der Waals surface area contributed by atoms with Crippen molar-refractivity contribution in [3.63, 3.8) is 0 Å². The summed E-state index contributed by atoms with van der Waals surface area (Å²) in [5.41, 5.74) is 3.88. The van der Waals surface area contributed by atoms with Crippen molar-refractivity contribution < 1.29 is 14.6 Å². The number of benzene rings is 2. The number of para-hydroxylation sites is 1. The Hall–Kier alpha value is -1.36. The Morgan fingerprint density at radius 2 is 2.09 bits per heavy atom. The SMILES string of the molecule is Cc1ccccc1OCC(=O)N/N=C/c1cc(I)cc(I)c1O. The summed E-state index contributed by atoms with van der Waals surface area (Å²) < 4.78 is 7.13. The van der Waals surface area contributed by atoms with Crippen molar-refractivity contribution in [1.82, 2.24) is 5.43 Å². The highest BCUT2D eigenvalue weighted by Crippen LogP contribution is 2.25. The molecule has 2 aromatic carbocycles. The van der Waals surface area contributed by atoms with Crippen molar-refractivity contribution in [2.45, 2.75) is 6.92 Å². The fourth-order valence-corrected chi connectivity index (χ4v) is 3.64. The lowest BCUT2D eigenvalue weighted by Gasteiger charge is -2.07. The molecule has 1 amide bonds. The summed E-state index contributed by atoms with van der Waals surface area (Å²) in [4.78, 5) is 11.7. The Kier molecular flexibility index (Phi) is 6.63. The highest BCUT2D eigenvalue weighted by molar-refractivity contribution is 14.1. The van der Waals surface area contributed by atoms with Gasteiger partial charge in [-0.05, 0) is 75.9 Å². The van der Waals surface area contributed by atoms with E-state index in [1.165, 1.54) is 6.21 Å². The molecule has 0 saturated heterocycles. The number of nitrogens with one attached hydrogen (secondary N) is 1. The lowest BCUT2D eigenvalue weighted by Crippen LogP contribution is -2.24. The molecule has 0 bridgehead atoms. The standard InChI is InChI=1S/C16H14I2N2O3/c1-10-4-2-3-5-14(10)23-9-15(21)20-19-8-11-6-12(17)7-13(18)16(11)22/h2-8,22H,9H2,1H3,(H,20,21)/b19-8+. The number of phenols is 1. The Balaban J connectivity index is 1.91. The average Bonchev–Trinajstić information content (AvgIpc) is 2.51. The van der Waals surface area contributed by atoms with Gasteiger partial charge in [0.05, 0.1) is 9.78 Å². The van der Waals surface area contributed by atoms with E-state index < -0.39 is 0 Å². The topological polar surface area (TPSA) is 70.9 Å². The molecule has 7 heteroatoms. The first-order chi connectivity index (χ1) is 11.0. The number of hydrazone groups is 1. The maximum atomic E-state index is 11.7. The van der Waals surface area contributed by atoms with Gasteiger partial charge in [0.2, 0.25) is 0 Å². The molecular weight excluding hydrogens is 522 g/mol. The van der Waals surface area contributed by atoms with Gasteiger partial charge in [0, 0.05) is 9.13 Å². The van der Waals surface area contributed by atoms with Crippen LogP contribution in [0.1, 0.15) is 11.1 Å². The zero-order valence-electron chi connectivity index (χ0n) is 12.2. The van der Waals surface area contributed by atoms with Crippen LogP contribution in [0.3, 0.4) is 0 Å². The molecule has 5 nitrogen and oxygen atoms in total. The fraction of sp³-hybridized carbons (Fsp3) is 0.125. The third-order valence-corrected chi connectivity index (χ3v) is 4.35. The molecular formula is C16H14I2N2O3. The van der Waals surface area contributed by atoms with Gasteiger partial charge >= 0.3 is 0 Å². The van der Waals surface area contributed by atoms with Crippen LogP contribution >= 0.6 is 45.2 Å². The van der Waals surface area contributed by atoms with E-state index in [9.17, 15) is 9.90 Å². The van der Waals surface area contributed by atoms with E-state index in [0.29, 0.717) is 11.3 Å². The highest BCUT2D eigenvalue weighted by Gasteiger charge is 2.06. The summed E-state index contributed by atoms with van der Waals surface area (Å²) in [5.74, 6) is 0.431. The molecule has 0 unspecified atom stereocenters. The van der Waals surface area contributed by atoms with Crippen LogP contribution < -0.4 is 10.2 Å². The predicted molar refractivity (Wildman–Crippen MR) is 106 cm³/mol. The Morgan fingerprint density at radius 1 is 1.35 bits per heavy atom. The second-order valence-corrected chi connectivity index (χ2v) is 7.08. The van der Waals surface area contributed by atoms with Gasteiger partial charge in [-0.3, -0.25) is 4.79 Å². The monoisotopic (exact) mass is 536 g/mol. The minimum absolute atomic E-state index is 0.127. The van der Waals surface area contributed by atoms with E-state index in [4.69, 9.17) is 4.74 Å². The van der Waals surface area contributed by atoms with Gasteiger partial charge in [-0.2, -0.15) is 5.10 Å². The number of aryl methyl sites for hydroxylation is 1. The predicted octanol–water partition coefficient (Wildman–Crippen LogP) is 3.44. The van der Waals surface area contributed by atoms with Crippen LogP contribution in [-0.4, -0.2) is 23.8 Å². The second kappa shape index (κ2) is 8.48. The third-order valence-electron chi connectivity index (χ3n) is 2.90. The van der Waals surface area contributed by atoms with Gasteiger partial charge in [-0.25, -0.2) is 5.43 Å². The second-order valence-electron chi connectivity index (χ2n) is 4.67. The first-order valence-electron chi connectivity index (χ1n) is 6.65. The minimum Gasteiger partial charge on any atom is -0.506 e. The number of amides is 1. The average molecular weight is 536 g/mol. The molecule has 0 aliphatic heterocycles. The van der Waals surface area contributed by atoms with Crippen LogP contribution in [0.15, 0.2) is 41.5 Å². The van der Waals surface area contributed by atoms with E-state index in [1.807, 2.05) is 53.8 Å². The number of hydrogen-bond donors (Lipinski definition) is 2. The van der Waals surface area contributed by atoms with Crippen molar-refractivity contribution in [1.29, 1.82) is 0 Å². The normalized spacial score (nSPS) is 10.7. The molecule has 0 aromatic heterocycles. The number of phenolic OH excluding ortho intramolecular Hbond substituents is 1. The van der Waals surface area contributed by atoms with Crippen molar-refractivity contribution in [2.75, 3.05) is 6.61 Å². The number of ether oxygens (including phenoxy) is 1. The molecule has 0 aliphatic rings. The molecule has 0 saturated carbocycles. The molecule has 0 radical (unpaired) electrons. The van der Waals surface area contributed by atoms with Gasteiger partial charge in [0.15, 0.2) is 6.61 Å². The zero-order chi connectivity index (χ0) is 16.8. The molecule has 120 valence electrons. The highest BCUT2D eigenvalue weighted by atomic mass is 127. The summed E-state index contributed by atoms with van der Waals surface area (Å²) in [6.45, 7) is 1.78. The van der Waals surface area contributed by atoms with Crippen LogP contribution in [0.5, 0.6) is 11.5 Å². The third kappa shape index (κ3) is 5.34. The minimum atomic E-state index is -0.371. The lowest BCUT2D eigenvalue weighted by atomic mass is 10.2. The molecule has 0 aliphatic carbocycles. The van der Waals surface area contributed by atoms with Gasteiger partial charge in [-0.15, -0.1) is 0 Å². The molecule has 0 fully saturated rings. The Morgan fingerprint density at radius 3 is 2.83 bits per heavy atom. The number of carbonyl (C=O) groups excluding carboxylic acids is 1. The van der Waals surface area contributed by atoms with Crippen LogP contribution in [0.2, 0.25) is 0 Å². The van der Waals surface area contributed by atoms with Crippen LogP contribution in [0.25, 0.3) is 0 Å². The van der Waals surface area contributed by atoms with E-state index >= 15 is 0 Å². The van der Waals surface area contributed by atoms with Crippen molar-refractivity contribution in [2.24, 2.45) is 5.10 Å². The first kappa shape index (κ1) is 18.0. The maximum absolute atomic E-state index is 11.7. The zero-order valence-corrected chi connectivity index (χ0v) is 16.5. The van der Waals surface area contributed by atoms with Crippen molar-refractivity contribution >= 4 is 57.3 Å². The van der Waals surface area contributed by atoms with Crippen LogP contribution in [0, 0.1) is 14.1 Å². The molecule has 0 heterocycles. The molecule has 2 aromatic rings. The van der Waals surface area contributed by atoms with Gasteiger partial charge < -0.3 is 9.84 Å². The number of carbonyl (C=O) groups is 1. The van der Waals surface area contributed by atoms with E-state index in [2.05, 4.69) is 33.1 Å². The summed E-state index contributed by atoms with van der Waals surface area (Å²) >= 11 is 4.19. The van der Waals surface area contributed by atoms with E-state index in [0.717, 1.165) is 12.7 Å². The maximum Gasteiger partial charge on any atom is 0.277 e. The Labute approximate surface area is 161 Å². The summed E-state index contributed by atoms with van der Waals surface area (Å²) in [6, 6.07) is 11.1. The van der Waals surface area contributed by atoms with Crippen molar-refractivity contribution in [3.05, 3.63) is 54.7 Å². The van der Waals surface area contributed by atoms with E-state index in [1.54, 1.807) is 12.1 Å². The fourth-order valence-electron chi connectivity index (χ4n) is 1.75. The smallest absolute Gasteiger partial charge is 0.277 e. The largest absolute Gasteiger partial charge is 0.506 e. The molecule has 2 rings (SSSR count). The number of aromatic hydroxyl groups is 1. The van der Waals surface area contributed by atoms with Gasteiger partial charge in [-0.1, -0.05) is 18.2 Å². The summed E-state index contributed by atoms with van der Waals surface area (Å²) in [5, 5.41) is 13.8. The van der Waals surface area contributed by atoms with Crippen LogP contribution in [-0.2, 0) is 4.79 Å². The van der Waals surface area contributed by atoms with Crippen LogP contribution in [0.4, 0.5) is 0 Å². The lowest BCUT2D eigenvalue weighted by molar-refractivity contribution is -0.123. The molecule has 0 spiro atoms. The molecule has 0 atom stereocenters. The number of nitrogens with zero attached hydrogens (tertiary/aromatic N) is 1. The number of halogens is 2. The quantitative estimate of drug-likeness (QED) is 0.350.